The van der Waals surface area contributed by atoms with Crippen LogP contribution >= 0.6 is 0 Å². The third-order valence-electron chi connectivity index (χ3n) is 21.8. The van der Waals surface area contributed by atoms with Crippen LogP contribution in [0.4, 0.5) is 0 Å². The van der Waals surface area contributed by atoms with E-state index in [4.69, 9.17) is 17.7 Å². The Bertz CT molecular complexity index is 7280. The maximum atomic E-state index is 7.35. The third-order valence-corrected chi connectivity index (χ3v) is 21.8. The van der Waals surface area contributed by atoms with Crippen LogP contribution in [0.1, 0.15) is 11.1 Å². The molecule has 0 N–H and O–H groups in total. The molecule has 0 aliphatic carbocycles. The molecule has 0 radical (unpaired) electrons. The summed E-state index contributed by atoms with van der Waals surface area (Å²) >= 11 is 0. The second-order valence-electron chi connectivity index (χ2n) is 27.9. The predicted molar refractivity (Wildman–Crippen MR) is 432 cm³/mol. The highest BCUT2D eigenvalue weighted by molar-refractivity contribution is 6.21. The van der Waals surface area contributed by atoms with Gasteiger partial charge in [0.25, 0.3) is 0 Å². The van der Waals surface area contributed by atoms with Gasteiger partial charge in [-0.3, -0.25) is 0 Å². The second kappa shape index (κ2) is 22.4. The molecule has 6 heteroatoms. The fourth-order valence-corrected chi connectivity index (χ4v) is 17.0. The van der Waals surface area contributed by atoms with Crippen LogP contribution in [0.5, 0.6) is 0 Å². The van der Waals surface area contributed by atoms with E-state index in [2.05, 4.69) is 338 Å². The lowest BCUT2D eigenvalue weighted by atomic mass is 9.93. The maximum absolute atomic E-state index is 7.35. The van der Waals surface area contributed by atoms with Gasteiger partial charge in [-0.15, -0.1) is 0 Å². The molecule has 16 aromatic carbocycles. The summed E-state index contributed by atoms with van der Waals surface area (Å²) in [5.41, 5.74) is 30.8. The summed E-state index contributed by atoms with van der Waals surface area (Å²) in [6.45, 7) is 4.34. The van der Waals surface area contributed by atoms with Gasteiger partial charge < -0.3 is 26.8 Å². The summed E-state index contributed by atoms with van der Waals surface area (Å²) in [5, 5.41) is 13.3. The highest BCUT2D eigenvalue weighted by Gasteiger charge is 2.26. The van der Waals surface area contributed by atoms with E-state index >= 15 is 0 Å². The van der Waals surface area contributed by atoms with E-state index in [0.29, 0.717) is 0 Å². The van der Waals surface area contributed by atoms with Crippen molar-refractivity contribution in [2.75, 3.05) is 0 Å². The van der Waals surface area contributed by atoms with Crippen molar-refractivity contribution in [2.24, 2.45) is 0 Å². The summed E-state index contributed by atoms with van der Waals surface area (Å²) in [6, 6.07) is 118. The molecule has 0 unspecified atom stereocenters. The lowest BCUT2D eigenvalue weighted by Gasteiger charge is -2.10. The van der Waals surface area contributed by atoms with Crippen molar-refractivity contribution >= 4 is 131 Å². The molecule has 0 atom stereocenters. The van der Waals surface area contributed by atoms with Crippen LogP contribution in [0.15, 0.2) is 345 Å². The number of para-hydroxylation sites is 5. The Labute approximate surface area is 596 Å². The highest BCUT2D eigenvalue weighted by atomic mass is 16.3. The summed E-state index contributed by atoms with van der Waals surface area (Å²) in [6.07, 6.45) is 0. The molecule has 6 heterocycles. The van der Waals surface area contributed by atoms with E-state index in [-0.39, 0.29) is 0 Å². The van der Waals surface area contributed by atoms with Gasteiger partial charge in [0.2, 0.25) is 0 Å². The first-order chi connectivity index (χ1) is 51.4. The summed E-state index contributed by atoms with van der Waals surface area (Å²) < 4.78 is 33.1. The molecular formula is C98H60N2O4. The smallest absolute Gasteiger partial charge is 0.159 e. The van der Waals surface area contributed by atoms with Gasteiger partial charge in [0, 0.05) is 86.9 Å². The molecule has 0 saturated carbocycles. The molecule has 0 fully saturated rings. The van der Waals surface area contributed by atoms with E-state index < -0.39 is 0 Å². The molecule has 6 nitrogen and oxygen atoms in total. The number of benzene rings is 16. The van der Waals surface area contributed by atoms with E-state index in [1.54, 1.807) is 0 Å². The number of hydrogen-bond donors (Lipinski definition) is 0. The normalized spacial score (nSPS) is 12.1. The first-order valence-corrected chi connectivity index (χ1v) is 35.6. The van der Waals surface area contributed by atoms with Crippen molar-refractivity contribution in [3.63, 3.8) is 0 Å². The maximum Gasteiger partial charge on any atom is 0.159 e. The molecule has 0 aliphatic rings. The Morgan fingerprint density at radius 2 is 0.548 bits per heavy atom. The molecule has 486 valence electrons. The van der Waals surface area contributed by atoms with Crippen LogP contribution in [-0.4, -0.2) is 9.13 Å². The summed E-state index contributed by atoms with van der Waals surface area (Å²) in [4.78, 5) is 0. The molecule has 0 amide bonds. The van der Waals surface area contributed by atoms with E-state index in [1.165, 1.54) is 21.9 Å². The predicted octanol–water partition coefficient (Wildman–Crippen LogP) is 27.8. The Kier molecular flexibility index (Phi) is 12.5. The quantitative estimate of drug-likeness (QED) is 0.144. The molecule has 0 aliphatic heterocycles. The van der Waals surface area contributed by atoms with Crippen molar-refractivity contribution in [3.8, 4) is 89.3 Å². The molecular weight excluding hydrogens is 1270 g/mol. The number of furan rings is 4. The van der Waals surface area contributed by atoms with Gasteiger partial charge in [-0.1, -0.05) is 242 Å². The van der Waals surface area contributed by atoms with E-state index in [1.807, 2.05) is 12.1 Å². The Hall–Kier alpha value is -13.7. The zero-order valence-electron chi connectivity index (χ0n) is 56.7. The van der Waals surface area contributed by atoms with Gasteiger partial charge >= 0.3 is 0 Å². The van der Waals surface area contributed by atoms with Crippen molar-refractivity contribution < 1.29 is 17.7 Å². The van der Waals surface area contributed by atoms with Crippen LogP contribution in [-0.2, 0) is 0 Å². The zero-order valence-corrected chi connectivity index (χ0v) is 56.7. The van der Waals surface area contributed by atoms with Crippen LogP contribution in [0, 0.1) is 13.8 Å². The van der Waals surface area contributed by atoms with Crippen LogP contribution < -0.4 is 0 Å². The number of fused-ring (bicyclic) bond motifs is 18. The molecule has 0 spiro atoms. The minimum absolute atomic E-state index is 0.817. The fourth-order valence-electron chi connectivity index (χ4n) is 17.0. The minimum Gasteiger partial charge on any atom is -0.455 e. The molecule has 22 aromatic rings. The highest BCUT2D eigenvalue weighted by Crippen LogP contribution is 2.50. The number of aryl methyl sites for hydroxylation is 2. The largest absolute Gasteiger partial charge is 0.455 e. The van der Waals surface area contributed by atoms with Gasteiger partial charge in [-0.25, -0.2) is 0 Å². The van der Waals surface area contributed by atoms with Gasteiger partial charge in [-0.2, -0.15) is 0 Å². The van der Waals surface area contributed by atoms with E-state index in [9.17, 15) is 0 Å². The van der Waals surface area contributed by atoms with Crippen LogP contribution in [0.25, 0.3) is 221 Å². The van der Waals surface area contributed by atoms with Gasteiger partial charge in [-0.05, 0) is 167 Å². The van der Waals surface area contributed by atoms with Gasteiger partial charge in [0.1, 0.15) is 33.5 Å². The van der Waals surface area contributed by atoms with Crippen molar-refractivity contribution in [3.05, 3.63) is 339 Å². The lowest BCUT2D eigenvalue weighted by molar-refractivity contribution is 0.667. The van der Waals surface area contributed by atoms with Crippen LogP contribution in [0.3, 0.4) is 0 Å². The molecule has 0 saturated heterocycles. The summed E-state index contributed by atoms with van der Waals surface area (Å²) in [5.74, 6) is 0. The minimum atomic E-state index is 0.817. The first-order valence-electron chi connectivity index (χ1n) is 35.6. The van der Waals surface area contributed by atoms with Gasteiger partial charge in [0.05, 0.1) is 33.4 Å². The molecule has 104 heavy (non-hydrogen) atoms. The van der Waals surface area contributed by atoms with Crippen molar-refractivity contribution in [1.82, 2.24) is 9.13 Å². The molecule has 0 bridgehead atoms. The second-order valence-corrected chi connectivity index (χ2v) is 27.9. The number of nitrogens with zero attached hydrogens (tertiary/aromatic N) is 2. The zero-order chi connectivity index (χ0) is 68.4. The van der Waals surface area contributed by atoms with Crippen molar-refractivity contribution in [1.29, 1.82) is 0 Å². The average Bonchev–Trinajstić information content (AvgIpc) is 1.57. The number of aromatic nitrogens is 2. The fraction of sp³-hybridized carbons (Fsp3) is 0.0204. The number of rotatable bonds is 9. The number of hydrogen-bond acceptors (Lipinski definition) is 4. The Balaban J connectivity index is 0.662. The lowest BCUT2D eigenvalue weighted by Crippen LogP contribution is -1.94. The average molecular weight is 1330 g/mol. The monoisotopic (exact) mass is 1330 g/mol. The van der Waals surface area contributed by atoms with E-state index in [0.717, 1.165) is 210 Å². The third kappa shape index (κ3) is 8.76. The van der Waals surface area contributed by atoms with Gasteiger partial charge in [0.15, 0.2) is 11.2 Å². The van der Waals surface area contributed by atoms with Crippen molar-refractivity contribution in [2.45, 2.75) is 13.8 Å². The first kappa shape index (κ1) is 58.1. The summed E-state index contributed by atoms with van der Waals surface area (Å²) in [7, 11) is 0. The topological polar surface area (TPSA) is 62.4 Å². The van der Waals surface area contributed by atoms with Crippen LogP contribution in [0.2, 0.25) is 0 Å². The molecule has 22 rings (SSSR count). The Morgan fingerprint density at radius 3 is 1.12 bits per heavy atom. The Morgan fingerprint density at radius 1 is 0.192 bits per heavy atom. The molecule has 6 aromatic heterocycles. The standard InChI is InChI=1S/C98H60N2O4/c1-57-37-45-84-78(49-57)79-50-58(2)38-46-85(79)99(84)88-33-16-30-73-82-55-66(53-76(95(82)103-97(73)88)61-21-8-4-9-22-61)68-26-18-36-91-92(68)75-32-15-27-69(94(75)102-91)63-41-39-60(40-42-63)65-44-48-87-81(52-65)80-51-64(59-19-6-3-7-20-59)43-47-86(80)100(87)89-34-17-31-74-83-56-67(54-77(96(83)104-98(74)89)62-23-10-5-11-24-62)70-28-14-29-72-71-25-12-13-35-90(71)101-93(70)72/h3-56H,1-2H3. The SMILES string of the molecule is Cc1ccc2c(c1)c1cc(C)ccc1n2-c1cccc2c1oc1c(-c3ccccc3)cc(-c3cccc4oc5c(-c6ccc(-c7ccc8c(c7)c7cc(-c9ccccc9)ccc7n8-c7cccc8c7oc7c(-c9ccccc9)cc(-c9cccc%10c9oc9ccccc9%10)cc78)cc6)cccc5c34)cc12.